The molecular weight excluding hydrogens is 373 g/mol. The molecule has 0 unspecified atom stereocenters. The lowest BCUT2D eigenvalue weighted by molar-refractivity contribution is -0.117. The van der Waals surface area contributed by atoms with Crippen molar-refractivity contribution in [2.24, 2.45) is 5.92 Å². The summed E-state index contributed by atoms with van der Waals surface area (Å²) in [6.07, 6.45) is 6.01. The number of ketones is 1. The molecule has 0 aliphatic carbocycles. The topological polar surface area (TPSA) is 48.4 Å². The van der Waals surface area contributed by atoms with E-state index >= 15 is 0 Å². The fraction of sp³-hybridized carbons (Fsp3) is 0.300. The van der Waals surface area contributed by atoms with Crippen molar-refractivity contribution < 1.29 is 14.3 Å². The van der Waals surface area contributed by atoms with Crippen molar-refractivity contribution in [1.29, 1.82) is 0 Å². The van der Waals surface area contributed by atoms with Crippen molar-refractivity contribution in [1.82, 2.24) is 4.98 Å². The van der Waals surface area contributed by atoms with Crippen LogP contribution in [0.3, 0.4) is 0 Å². The van der Waals surface area contributed by atoms with E-state index in [1.165, 1.54) is 0 Å². The molecule has 0 saturated carbocycles. The van der Waals surface area contributed by atoms with E-state index in [2.05, 4.69) is 4.98 Å². The Morgan fingerprint density at radius 3 is 2.65 bits per heavy atom. The van der Waals surface area contributed by atoms with Crippen LogP contribution >= 0.6 is 23.2 Å². The Bertz CT molecular complexity index is 806. The van der Waals surface area contributed by atoms with Gasteiger partial charge in [-0.1, -0.05) is 42.3 Å². The van der Waals surface area contributed by atoms with Gasteiger partial charge in [0.15, 0.2) is 0 Å². The summed E-state index contributed by atoms with van der Waals surface area (Å²) in [7, 11) is 0. The van der Waals surface area contributed by atoms with E-state index < -0.39 is 0 Å². The van der Waals surface area contributed by atoms with Crippen LogP contribution in [0.4, 0.5) is 0 Å². The van der Waals surface area contributed by atoms with E-state index in [0.717, 1.165) is 5.56 Å². The van der Waals surface area contributed by atoms with Gasteiger partial charge in [-0.05, 0) is 43.5 Å². The van der Waals surface area contributed by atoms with Crippen molar-refractivity contribution in [2.75, 3.05) is 6.61 Å². The second kappa shape index (κ2) is 9.60. The third-order valence-corrected chi connectivity index (χ3v) is 4.04. The molecule has 0 amide bonds. The fourth-order valence-electron chi connectivity index (χ4n) is 2.33. The SMILES string of the molecule is CCOc1ccc(Oc2ncc(/C=C/[C@H](C)CC(C)=O)cc2Cl)c(Cl)c1. The molecule has 138 valence electrons. The molecule has 0 fully saturated rings. The minimum absolute atomic E-state index is 0.157. The molecule has 6 heteroatoms. The molecule has 26 heavy (non-hydrogen) atoms. The molecular formula is C20H21Cl2NO3. The average Bonchev–Trinajstić information content (AvgIpc) is 2.57. The molecule has 4 nitrogen and oxygen atoms in total. The summed E-state index contributed by atoms with van der Waals surface area (Å²) in [6, 6.07) is 6.92. The second-order valence-electron chi connectivity index (χ2n) is 5.93. The number of nitrogens with zero attached hydrogens (tertiary/aromatic N) is 1. The molecule has 2 rings (SSSR count). The van der Waals surface area contributed by atoms with Crippen molar-refractivity contribution in [3.05, 3.63) is 52.1 Å². The second-order valence-corrected chi connectivity index (χ2v) is 6.74. The zero-order valence-electron chi connectivity index (χ0n) is 15.0. The monoisotopic (exact) mass is 393 g/mol. The van der Waals surface area contributed by atoms with Crippen molar-refractivity contribution in [3.63, 3.8) is 0 Å². The minimum Gasteiger partial charge on any atom is -0.494 e. The Hall–Kier alpha value is -2.04. The Morgan fingerprint density at radius 1 is 1.27 bits per heavy atom. The van der Waals surface area contributed by atoms with Gasteiger partial charge >= 0.3 is 0 Å². The number of hydrogen-bond donors (Lipinski definition) is 0. The van der Waals surface area contributed by atoms with E-state index in [1.54, 1.807) is 37.4 Å². The molecule has 1 heterocycles. The number of carbonyl (C=O) groups excluding carboxylic acids is 1. The van der Waals surface area contributed by atoms with Gasteiger partial charge in [-0.2, -0.15) is 0 Å². The van der Waals surface area contributed by atoms with E-state index in [9.17, 15) is 4.79 Å². The zero-order valence-corrected chi connectivity index (χ0v) is 16.5. The highest BCUT2D eigenvalue weighted by molar-refractivity contribution is 6.32. The molecule has 0 N–H and O–H groups in total. The van der Waals surface area contributed by atoms with Gasteiger partial charge in [0.2, 0.25) is 5.88 Å². The third kappa shape index (κ3) is 6.04. The van der Waals surface area contributed by atoms with Gasteiger partial charge in [0.1, 0.15) is 22.3 Å². The first-order valence-electron chi connectivity index (χ1n) is 8.32. The van der Waals surface area contributed by atoms with E-state index in [4.69, 9.17) is 32.7 Å². The Balaban J connectivity index is 2.10. The largest absolute Gasteiger partial charge is 0.494 e. The van der Waals surface area contributed by atoms with Gasteiger partial charge in [0.25, 0.3) is 0 Å². The van der Waals surface area contributed by atoms with Crippen LogP contribution in [0.5, 0.6) is 17.4 Å². The third-order valence-electron chi connectivity index (χ3n) is 3.48. The van der Waals surface area contributed by atoms with Gasteiger partial charge in [-0.15, -0.1) is 0 Å². The summed E-state index contributed by atoms with van der Waals surface area (Å²) in [5.41, 5.74) is 0.829. The number of hydrogen-bond acceptors (Lipinski definition) is 4. The maximum absolute atomic E-state index is 11.1. The maximum atomic E-state index is 11.1. The van der Waals surface area contributed by atoms with Crippen LogP contribution in [-0.2, 0) is 4.79 Å². The highest BCUT2D eigenvalue weighted by atomic mass is 35.5. The molecule has 0 saturated heterocycles. The van der Waals surface area contributed by atoms with E-state index in [0.29, 0.717) is 34.6 Å². The van der Waals surface area contributed by atoms with Crippen LogP contribution in [0.25, 0.3) is 6.08 Å². The summed E-state index contributed by atoms with van der Waals surface area (Å²) in [5.74, 6) is 1.71. The van der Waals surface area contributed by atoms with Gasteiger partial charge in [0.05, 0.1) is 11.6 Å². The van der Waals surface area contributed by atoms with Gasteiger partial charge < -0.3 is 14.3 Å². The summed E-state index contributed by atoms with van der Waals surface area (Å²) >= 11 is 12.5. The average molecular weight is 394 g/mol. The molecule has 0 aliphatic rings. The van der Waals surface area contributed by atoms with Crippen molar-refractivity contribution in [2.45, 2.75) is 27.2 Å². The summed E-state index contributed by atoms with van der Waals surface area (Å²) in [5, 5.41) is 0.784. The van der Waals surface area contributed by atoms with Crippen LogP contribution in [0.2, 0.25) is 10.0 Å². The lowest BCUT2D eigenvalue weighted by Crippen LogP contribution is -1.98. The van der Waals surface area contributed by atoms with Crippen LogP contribution in [0.15, 0.2) is 36.5 Å². The predicted molar refractivity (Wildman–Crippen MR) is 105 cm³/mol. The summed E-state index contributed by atoms with van der Waals surface area (Å²) in [6.45, 7) is 6.03. The number of carbonyl (C=O) groups is 1. The first kappa shape index (κ1) is 20.3. The lowest BCUT2D eigenvalue weighted by atomic mass is 10.0. The van der Waals surface area contributed by atoms with Gasteiger partial charge in [0, 0.05) is 18.7 Å². The molecule has 0 aliphatic heterocycles. The number of allylic oxidation sites excluding steroid dienone is 1. The number of halogens is 2. The lowest BCUT2D eigenvalue weighted by Gasteiger charge is -2.10. The van der Waals surface area contributed by atoms with Gasteiger partial charge in [-0.3, -0.25) is 0 Å². The highest BCUT2D eigenvalue weighted by Crippen LogP contribution is 2.34. The standard InChI is InChI=1S/C20H21Cl2NO3/c1-4-25-16-7-8-19(17(21)11-16)26-20-18(22)10-15(12-23-20)6-5-13(2)9-14(3)24/h5-8,10-13H,4,9H2,1-3H3/b6-5+/t13-/m0/s1. The first-order valence-corrected chi connectivity index (χ1v) is 9.08. The summed E-state index contributed by atoms with van der Waals surface area (Å²) < 4.78 is 11.1. The predicted octanol–water partition coefficient (Wildman–Crippen LogP) is 6.21. The fourth-order valence-corrected chi connectivity index (χ4v) is 2.75. The minimum atomic E-state index is 0.157. The maximum Gasteiger partial charge on any atom is 0.238 e. The molecule has 1 atom stereocenters. The molecule has 1 aromatic heterocycles. The van der Waals surface area contributed by atoms with E-state index in [-0.39, 0.29) is 17.6 Å². The number of ether oxygens (including phenoxy) is 2. The number of benzene rings is 1. The molecule has 0 spiro atoms. The van der Waals surface area contributed by atoms with Crippen LogP contribution in [0.1, 0.15) is 32.8 Å². The molecule has 0 radical (unpaired) electrons. The summed E-state index contributed by atoms with van der Waals surface area (Å²) in [4.78, 5) is 15.4. The van der Waals surface area contributed by atoms with Crippen LogP contribution in [0, 0.1) is 5.92 Å². The van der Waals surface area contributed by atoms with Crippen molar-refractivity contribution in [3.8, 4) is 17.4 Å². The van der Waals surface area contributed by atoms with Crippen LogP contribution in [-0.4, -0.2) is 17.4 Å². The smallest absolute Gasteiger partial charge is 0.238 e. The molecule has 0 bridgehead atoms. The van der Waals surface area contributed by atoms with Gasteiger partial charge in [-0.25, -0.2) is 4.98 Å². The number of pyridine rings is 1. The highest BCUT2D eigenvalue weighted by Gasteiger charge is 2.10. The quantitative estimate of drug-likeness (QED) is 0.534. The number of rotatable bonds is 8. The van der Waals surface area contributed by atoms with Crippen LogP contribution < -0.4 is 9.47 Å². The van der Waals surface area contributed by atoms with Crippen molar-refractivity contribution >= 4 is 35.1 Å². The molecule has 1 aromatic carbocycles. The number of Topliss-reactive ketones (excluding diaryl/α,β-unsaturated/α-hetero) is 1. The normalized spacial score (nSPS) is 12.2. The van der Waals surface area contributed by atoms with E-state index in [1.807, 2.05) is 26.0 Å². The Kier molecular flexibility index (Phi) is 7.49. The molecule has 2 aromatic rings. The first-order chi connectivity index (χ1) is 12.4. The Morgan fingerprint density at radius 2 is 2.04 bits per heavy atom. The number of aromatic nitrogens is 1. The Labute approximate surface area is 163 Å². The zero-order chi connectivity index (χ0) is 19.1.